The molecule has 1 N–H and O–H groups in total. The highest BCUT2D eigenvalue weighted by Crippen LogP contribution is 2.43. The largest absolute Gasteiger partial charge is 0.497 e. The Balaban J connectivity index is 1.91. The van der Waals surface area contributed by atoms with E-state index in [0.29, 0.717) is 23.0 Å². The van der Waals surface area contributed by atoms with E-state index in [-0.39, 0.29) is 0 Å². The maximum atomic E-state index is 11.5. The Bertz CT molecular complexity index is 1180. The number of anilines is 1. The zero-order valence-electron chi connectivity index (χ0n) is 15.8. The smallest absolute Gasteiger partial charge is 0.229 e. The van der Waals surface area contributed by atoms with Gasteiger partial charge < -0.3 is 9.30 Å². The summed E-state index contributed by atoms with van der Waals surface area (Å²) >= 11 is 0. The standard InChI is InChI=1S/C21H21N3O3S/c1-27-17-10-11-20-18(12-17)19(13-22)21(24(20)16-4-3-5-16)14-6-8-15(9-7-14)23-28(2,25)26/h6-12,16,23H,3-5H2,1-2H3. The van der Waals surface area contributed by atoms with Crippen LogP contribution in [-0.2, 0) is 10.0 Å². The van der Waals surface area contributed by atoms with Gasteiger partial charge in [0.05, 0.1) is 30.1 Å². The predicted molar refractivity (Wildman–Crippen MR) is 110 cm³/mol. The van der Waals surface area contributed by atoms with Crippen LogP contribution in [0.15, 0.2) is 42.5 Å². The minimum absolute atomic E-state index is 0.363. The number of methoxy groups -OCH3 is 1. The second kappa shape index (κ2) is 6.88. The number of nitrogens with zero attached hydrogens (tertiary/aromatic N) is 2. The third kappa shape index (κ3) is 3.20. The van der Waals surface area contributed by atoms with E-state index in [4.69, 9.17) is 4.74 Å². The molecule has 6 nitrogen and oxygen atoms in total. The molecule has 3 aromatic rings. The molecule has 0 radical (unpaired) electrons. The molecule has 0 atom stereocenters. The maximum absolute atomic E-state index is 11.5. The van der Waals surface area contributed by atoms with Crippen molar-refractivity contribution in [1.82, 2.24) is 4.57 Å². The minimum Gasteiger partial charge on any atom is -0.497 e. The van der Waals surface area contributed by atoms with Crippen LogP contribution in [0.2, 0.25) is 0 Å². The number of hydrogen-bond acceptors (Lipinski definition) is 4. The van der Waals surface area contributed by atoms with E-state index in [1.165, 1.54) is 6.42 Å². The van der Waals surface area contributed by atoms with Gasteiger partial charge in [0, 0.05) is 17.1 Å². The average molecular weight is 395 g/mol. The molecule has 2 aromatic carbocycles. The van der Waals surface area contributed by atoms with E-state index in [2.05, 4.69) is 15.4 Å². The topological polar surface area (TPSA) is 84.1 Å². The molecule has 0 amide bonds. The lowest BCUT2D eigenvalue weighted by atomic mass is 9.92. The van der Waals surface area contributed by atoms with Gasteiger partial charge in [-0.15, -0.1) is 0 Å². The number of sulfonamides is 1. The van der Waals surface area contributed by atoms with Gasteiger partial charge in [0.1, 0.15) is 11.8 Å². The molecule has 0 spiro atoms. The van der Waals surface area contributed by atoms with E-state index in [1.54, 1.807) is 19.2 Å². The Morgan fingerprint density at radius 2 is 1.89 bits per heavy atom. The van der Waals surface area contributed by atoms with E-state index in [0.717, 1.165) is 41.3 Å². The van der Waals surface area contributed by atoms with Crippen LogP contribution >= 0.6 is 0 Å². The highest BCUT2D eigenvalue weighted by molar-refractivity contribution is 7.92. The molecule has 1 saturated carbocycles. The molecule has 0 aliphatic heterocycles. The van der Waals surface area contributed by atoms with Crippen LogP contribution in [0.3, 0.4) is 0 Å². The second-order valence-corrected chi connectivity index (χ2v) is 8.87. The molecule has 1 aliphatic carbocycles. The molecule has 28 heavy (non-hydrogen) atoms. The van der Waals surface area contributed by atoms with Gasteiger partial charge in [-0.25, -0.2) is 8.42 Å². The molecule has 0 saturated heterocycles. The third-order valence-electron chi connectivity index (χ3n) is 5.22. The lowest BCUT2D eigenvalue weighted by Crippen LogP contribution is -2.17. The quantitative estimate of drug-likeness (QED) is 0.699. The van der Waals surface area contributed by atoms with Gasteiger partial charge in [-0.2, -0.15) is 5.26 Å². The number of nitriles is 1. The number of hydrogen-bond donors (Lipinski definition) is 1. The van der Waals surface area contributed by atoms with Gasteiger partial charge >= 0.3 is 0 Å². The first-order chi connectivity index (χ1) is 13.4. The van der Waals surface area contributed by atoms with Crippen LogP contribution < -0.4 is 9.46 Å². The Morgan fingerprint density at radius 3 is 2.43 bits per heavy atom. The molecule has 1 heterocycles. The summed E-state index contributed by atoms with van der Waals surface area (Å²) in [6.07, 6.45) is 4.47. The Labute approximate surface area is 164 Å². The monoisotopic (exact) mass is 395 g/mol. The highest BCUT2D eigenvalue weighted by Gasteiger charge is 2.27. The lowest BCUT2D eigenvalue weighted by Gasteiger charge is -2.30. The fraction of sp³-hybridized carbons (Fsp3) is 0.286. The van der Waals surface area contributed by atoms with Crippen LogP contribution in [0, 0.1) is 11.3 Å². The Hall–Kier alpha value is -2.98. The van der Waals surface area contributed by atoms with Crippen molar-refractivity contribution in [1.29, 1.82) is 5.26 Å². The fourth-order valence-corrected chi connectivity index (χ4v) is 4.32. The summed E-state index contributed by atoms with van der Waals surface area (Å²) in [6.45, 7) is 0. The van der Waals surface area contributed by atoms with Gasteiger partial charge in [0.25, 0.3) is 0 Å². The van der Waals surface area contributed by atoms with Crippen LogP contribution in [-0.4, -0.2) is 26.4 Å². The van der Waals surface area contributed by atoms with Gasteiger partial charge in [0.2, 0.25) is 10.0 Å². The fourth-order valence-electron chi connectivity index (χ4n) is 3.75. The number of fused-ring (bicyclic) bond motifs is 1. The van der Waals surface area contributed by atoms with E-state index >= 15 is 0 Å². The molecule has 1 aliphatic rings. The zero-order valence-corrected chi connectivity index (χ0v) is 16.6. The van der Waals surface area contributed by atoms with Crippen LogP contribution in [0.5, 0.6) is 5.75 Å². The molecular weight excluding hydrogens is 374 g/mol. The number of benzene rings is 2. The van der Waals surface area contributed by atoms with Gasteiger partial charge in [0.15, 0.2) is 0 Å². The number of ether oxygens (including phenoxy) is 1. The summed E-state index contributed by atoms with van der Waals surface area (Å²) in [5.41, 5.74) is 3.90. The van der Waals surface area contributed by atoms with Crippen LogP contribution in [0.4, 0.5) is 5.69 Å². The third-order valence-corrected chi connectivity index (χ3v) is 5.83. The summed E-state index contributed by atoms with van der Waals surface area (Å²) < 4.78 is 33.0. The minimum atomic E-state index is -3.33. The van der Waals surface area contributed by atoms with Crippen molar-refractivity contribution in [2.75, 3.05) is 18.1 Å². The molecular formula is C21H21N3O3S. The molecule has 7 heteroatoms. The van der Waals surface area contributed by atoms with Crippen LogP contribution in [0.25, 0.3) is 22.2 Å². The molecule has 0 unspecified atom stereocenters. The average Bonchev–Trinajstić information content (AvgIpc) is 2.93. The van der Waals surface area contributed by atoms with Crippen molar-refractivity contribution in [3.05, 3.63) is 48.0 Å². The molecule has 0 bridgehead atoms. The Kier molecular flexibility index (Phi) is 4.52. The zero-order chi connectivity index (χ0) is 19.9. The van der Waals surface area contributed by atoms with Crippen molar-refractivity contribution in [3.8, 4) is 23.1 Å². The van der Waals surface area contributed by atoms with Crippen LogP contribution in [0.1, 0.15) is 30.9 Å². The maximum Gasteiger partial charge on any atom is 0.229 e. The summed E-state index contributed by atoms with van der Waals surface area (Å²) in [7, 11) is -1.72. The highest BCUT2D eigenvalue weighted by atomic mass is 32.2. The first-order valence-electron chi connectivity index (χ1n) is 9.11. The predicted octanol–water partition coefficient (Wildman–Crippen LogP) is 4.29. The molecule has 4 rings (SSSR count). The van der Waals surface area contributed by atoms with E-state index in [9.17, 15) is 13.7 Å². The molecule has 144 valence electrons. The van der Waals surface area contributed by atoms with Gasteiger partial charge in [-0.05, 0) is 55.2 Å². The normalized spacial score (nSPS) is 14.5. The number of aromatic nitrogens is 1. The van der Waals surface area contributed by atoms with Crippen molar-refractivity contribution in [2.24, 2.45) is 0 Å². The second-order valence-electron chi connectivity index (χ2n) is 7.12. The molecule has 1 aromatic heterocycles. The molecule has 1 fully saturated rings. The lowest BCUT2D eigenvalue weighted by molar-refractivity contribution is 0.324. The van der Waals surface area contributed by atoms with Crippen molar-refractivity contribution < 1.29 is 13.2 Å². The summed E-state index contributed by atoms with van der Waals surface area (Å²) in [5.74, 6) is 0.717. The summed E-state index contributed by atoms with van der Waals surface area (Å²) in [4.78, 5) is 0. The Morgan fingerprint density at radius 1 is 1.18 bits per heavy atom. The van der Waals surface area contributed by atoms with Gasteiger partial charge in [-0.1, -0.05) is 12.1 Å². The SMILES string of the molecule is COc1ccc2c(c1)c(C#N)c(-c1ccc(NS(C)(=O)=O)cc1)n2C1CCC1. The number of rotatable bonds is 5. The van der Waals surface area contributed by atoms with Crippen molar-refractivity contribution in [3.63, 3.8) is 0 Å². The van der Waals surface area contributed by atoms with E-state index in [1.807, 2.05) is 30.3 Å². The van der Waals surface area contributed by atoms with Crippen molar-refractivity contribution in [2.45, 2.75) is 25.3 Å². The van der Waals surface area contributed by atoms with Gasteiger partial charge in [-0.3, -0.25) is 4.72 Å². The van der Waals surface area contributed by atoms with Crippen molar-refractivity contribution >= 4 is 26.6 Å². The first kappa shape index (κ1) is 18.4. The van der Waals surface area contributed by atoms with E-state index < -0.39 is 10.0 Å². The summed E-state index contributed by atoms with van der Waals surface area (Å²) in [6, 6.07) is 15.7. The summed E-state index contributed by atoms with van der Waals surface area (Å²) in [5, 5.41) is 10.8. The first-order valence-corrected chi connectivity index (χ1v) is 11.0. The number of nitrogens with one attached hydrogen (secondary N) is 1.